The number of aryl methyl sites for hydroxylation is 1. The molecule has 6 nitrogen and oxygen atoms in total. The van der Waals surface area contributed by atoms with E-state index >= 15 is 0 Å². The van der Waals surface area contributed by atoms with E-state index in [-0.39, 0.29) is 24.4 Å². The van der Waals surface area contributed by atoms with Crippen LogP contribution in [0.15, 0.2) is 48.8 Å². The molecule has 0 unspecified atom stereocenters. The average molecular weight is 375 g/mol. The van der Waals surface area contributed by atoms with Crippen LogP contribution >= 0.6 is 0 Å². The minimum Gasteiger partial charge on any atom is -0.382 e. The van der Waals surface area contributed by atoms with Crippen LogP contribution in [0, 0.1) is 12.7 Å². The van der Waals surface area contributed by atoms with E-state index < -0.39 is 0 Å². The van der Waals surface area contributed by atoms with Gasteiger partial charge in [0.2, 0.25) is 0 Å². The van der Waals surface area contributed by atoms with Gasteiger partial charge in [0.1, 0.15) is 17.4 Å². The summed E-state index contributed by atoms with van der Waals surface area (Å²) in [5, 5.41) is 7.71. The topological polar surface area (TPSA) is 97.5 Å². The lowest BCUT2D eigenvalue weighted by Crippen LogP contribution is -2.10. The Labute approximate surface area is 160 Å². The van der Waals surface area contributed by atoms with Gasteiger partial charge in [-0.2, -0.15) is 5.10 Å². The number of carbonyl (C=O) groups is 1. The Morgan fingerprint density at radius 2 is 1.93 bits per heavy atom. The molecule has 0 saturated carbocycles. The number of halogens is 1. The Kier molecular flexibility index (Phi) is 4.57. The van der Waals surface area contributed by atoms with Crippen LogP contribution in [0.5, 0.6) is 0 Å². The highest BCUT2D eigenvalue weighted by atomic mass is 19.1. The van der Waals surface area contributed by atoms with Crippen molar-refractivity contribution in [1.29, 1.82) is 0 Å². The zero-order valence-electron chi connectivity index (χ0n) is 15.2. The van der Waals surface area contributed by atoms with E-state index in [1.807, 2.05) is 25.1 Å². The number of ketones is 1. The molecule has 0 bridgehead atoms. The number of aromatic nitrogens is 4. The van der Waals surface area contributed by atoms with Crippen molar-refractivity contribution in [2.45, 2.75) is 19.8 Å². The molecule has 2 aromatic heterocycles. The van der Waals surface area contributed by atoms with Gasteiger partial charge in [0.15, 0.2) is 5.82 Å². The molecule has 0 aliphatic carbocycles. The number of nitrogens with one attached hydrogen (secondary N) is 1. The number of hydrogen-bond acceptors (Lipinski definition) is 5. The van der Waals surface area contributed by atoms with Crippen LogP contribution in [-0.2, 0) is 17.6 Å². The number of Topliss-reactive ketones (excluding diaryl/α,β-unsaturated/α-hetero) is 1. The third kappa shape index (κ3) is 3.46. The molecule has 0 aliphatic heterocycles. The molecule has 4 rings (SSSR count). The number of nitrogens with two attached hydrogens (primary N) is 1. The van der Waals surface area contributed by atoms with E-state index in [9.17, 15) is 9.18 Å². The third-order valence-electron chi connectivity index (χ3n) is 4.58. The van der Waals surface area contributed by atoms with Gasteiger partial charge in [-0.25, -0.2) is 14.4 Å². The second-order valence-corrected chi connectivity index (χ2v) is 6.71. The van der Waals surface area contributed by atoms with Gasteiger partial charge in [-0.15, -0.1) is 0 Å². The molecular formula is C21H18FN5O. The van der Waals surface area contributed by atoms with Gasteiger partial charge in [-0.1, -0.05) is 29.8 Å². The van der Waals surface area contributed by atoms with Crippen molar-refractivity contribution in [2.24, 2.45) is 0 Å². The summed E-state index contributed by atoms with van der Waals surface area (Å²) in [4.78, 5) is 20.9. The molecule has 28 heavy (non-hydrogen) atoms. The van der Waals surface area contributed by atoms with Crippen molar-refractivity contribution in [3.05, 3.63) is 71.6 Å². The first-order valence-electron chi connectivity index (χ1n) is 8.82. The summed E-state index contributed by atoms with van der Waals surface area (Å²) in [5.41, 5.74) is 9.72. The molecule has 0 radical (unpaired) electrons. The average Bonchev–Trinajstić information content (AvgIpc) is 3.07. The normalized spacial score (nSPS) is 11.1. The van der Waals surface area contributed by atoms with Crippen LogP contribution in [0.3, 0.4) is 0 Å². The maximum Gasteiger partial charge on any atom is 0.153 e. The van der Waals surface area contributed by atoms with Crippen molar-refractivity contribution in [3.63, 3.8) is 0 Å². The number of carbonyl (C=O) groups excluding carboxylic acids is 1. The van der Waals surface area contributed by atoms with Crippen LogP contribution in [0.4, 0.5) is 10.2 Å². The molecule has 0 amide bonds. The molecular weight excluding hydrogens is 357 g/mol. The minimum atomic E-state index is -0.374. The van der Waals surface area contributed by atoms with Crippen LogP contribution in [0.2, 0.25) is 0 Å². The number of nitrogens with zero attached hydrogens (tertiary/aromatic N) is 3. The summed E-state index contributed by atoms with van der Waals surface area (Å²) in [6.07, 6.45) is 3.38. The molecule has 3 N–H and O–H groups in total. The Balaban J connectivity index is 1.52. The van der Waals surface area contributed by atoms with Crippen molar-refractivity contribution in [2.75, 3.05) is 5.73 Å². The predicted octanol–water partition coefficient (Wildman–Crippen LogP) is 3.40. The molecule has 0 saturated heterocycles. The standard InChI is InChI=1S/C21H18FN5O/c1-12-5-6-17(22)13(7-12)8-15(28)9-19-24-10-14(11-25-19)16-3-2-4-18-20(16)21(23)27-26-18/h2-7,10-11H,8-9H2,1H3,(H3,23,26,27). The first-order valence-corrected chi connectivity index (χ1v) is 8.82. The third-order valence-corrected chi connectivity index (χ3v) is 4.58. The van der Waals surface area contributed by atoms with Gasteiger partial charge < -0.3 is 5.73 Å². The maximum absolute atomic E-state index is 13.8. The van der Waals surface area contributed by atoms with Crippen molar-refractivity contribution < 1.29 is 9.18 Å². The fourth-order valence-corrected chi connectivity index (χ4v) is 3.21. The Hall–Kier alpha value is -3.61. The second-order valence-electron chi connectivity index (χ2n) is 6.71. The van der Waals surface area contributed by atoms with E-state index in [1.165, 1.54) is 6.07 Å². The van der Waals surface area contributed by atoms with Gasteiger partial charge in [-0.05, 0) is 30.2 Å². The number of fused-ring (bicyclic) bond motifs is 1. The SMILES string of the molecule is Cc1ccc(F)c(CC(=O)Cc2ncc(-c3cccc4[nH]nc(N)c34)cn2)c1. The van der Waals surface area contributed by atoms with E-state index in [0.717, 1.165) is 27.6 Å². The van der Waals surface area contributed by atoms with Crippen LogP contribution < -0.4 is 5.73 Å². The monoisotopic (exact) mass is 375 g/mol. The largest absolute Gasteiger partial charge is 0.382 e. The Morgan fingerprint density at radius 3 is 2.71 bits per heavy atom. The Morgan fingerprint density at radius 1 is 1.14 bits per heavy atom. The molecule has 2 heterocycles. The summed E-state index contributed by atoms with van der Waals surface area (Å²) in [5.74, 6) is 0.290. The molecule has 0 atom stereocenters. The zero-order chi connectivity index (χ0) is 19.7. The van der Waals surface area contributed by atoms with Crippen LogP contribution in [-0.4, -0.2) is 25.9 Å². The molecule has 4 aromatic rings. The van der Waals surface area contributed by atoms with Crippen molar-refractivity contribution in [1.82, 2.24) is 20.2 Å². The smallest absolute Gasteiger partial charge is 0.153 e. The number of rotatable bonds is 5. The van der Waals surface area contributed by atoms with Gasteiger partial charge in [0.25, 0.3) is 0 Å². The highest BCUT2D eigenvalue weighted by Crippen LogP contribution is 2.30. The molecule has 0 aliphatic rings. The van der Waals surface area contributed by atoms with Crippen molar-refractivity contribution >= 4 is 22.5 Å². The van der Waals surface area contributed by atoms with Gasteiger partial charge in [-0.3, -0.25) is 9.89 Å². The summed E-state index contributed by atoms with van der Waals surface area (Å²) < 4.78 is 13.8. The number of benzene rings is 2. The first-order chi connectivity index (χ1) is 13.5. The van der Waals surface area contributed by atoms with Crippen LogP contribution in [0.25, 0.3) is 22.0 Å². The molecule has 7 heteroatoms. The molecule has 140 valence electrons. The number of nitrogen functional groups attached to an aromatic ring is 1. The summed E-state index contributed by atoms with van der Waals surface area (Å²) in [6, 6.07) is 10.4. The number of H-pyrrole nitrogens is 1. The van der Waals surface area contributed by atoms with Crippen molar-refractivity contribution in [3.8, 4) is 11.1 Å². The Bertz CT molecular complexity index is 1170. The summed E-state index contributed by atoms with van der Waals surface area (Å²) >= 11 is 0. The summed E-state index contributed by atoms with van der Waals surface area (Å²) in [6.45, 7) is 1.86. The van der Waals surface area contributed by atoms with Gasteiger partial charge in [0, 0.05) is 24.4 Å². The fourth-order valence-electron chi connectivity index (χ4n) is 3.21. The quantitative estimate of drug-likeness (QED) is 0.557. The van der Waals surface area contributed by atoms with E-state index in [2.05, 4.69) is 20.2 Å². The maximum atomic E-state index is 13.8. The highest BCUT2D eigenvalue weighted by molar-refractivity contribution is 6.01. The van der Waals surface area contributed by atoms with E-state index in [1.54, 1.807) is 24.5 Å². The van der Waals surface area contributed by atoms with Gasteiger partial charge in [0.05, 0.1) is 17.3 Å². The highest BCUT2D eigenvalue weighted by Gasteiger charge is 2.13. The predicted molar refractivity (Wildman–Crippen MR) is 105 cm³/mol. The van der Waals surface area contributed by atoms with E-state index in [0.29, 0.717) is 17.2 Å². The second kappa shape index (κ2) is 7.19. The lowest BCUT2D eigenvalue weighted by atomic mass is 10.0. The molecule has 0 spiro atoms. The number of anilines is 1. The number of hydrogen-bond donors (Lipinski definition) is 2. The minimum absolute atomic E-state index is 0.0173. The van der Waals surface area contributed by atoms with Crippen LogP contribution in [0.1, 0.15) is 17.0 Å². The lowest BCUT2D eigenvalue weighted by molar-refractivity contribution is -0.117. The fraction of sp³-hybridized carbons (Fsp3) is 0.143. The van der Waals surface area contributed by atoms with E-state index in [4.69, 9.17) is 5.73 Å². The first kappa shape index (κ1) is 17.8. The van der Waals surface area contributed by atoms with Gasteiger partial charge >= 0.3 is 0 Å². The summed E-state index contributed by atoms with van der Waals surface area (Å²) in [7, 11) is 0. The lowest BCUT2D eigenvalue weighted by Gasteiger charge is -2.06. The molecule has 2 aromatic carbocycles. The number of aromatic amines is 1. The zero-order valence-corrected chi connectivity index (χ0v) is 15.2. The molecule has 0 fully saturated rings.